The predicted octanol–water partition coefficient (Wildman–Crippen LogP) is 2.25. The second-order valence-corrected chi connectivity index (χ2v) is 6.80. The number of carbonyl (C=O) groups is 3. The van der Waals surface area contributed by atoms with Crippen molar-refractivity contribution in [3.05, 3.63) is 42.5 Å². The lowest BCUT2D eigenvalue weighted by Gasteiger charge is -2.20. The first kappa shape index (κ1) is 21.9. The van der Waals surface area contributed by atoms with Gasteiger partial charge in [-0.15, -0.1) is 0 Å². The van der Waals surface area contributed by atoms with E-state index in [1.54, 1.807) is 42.5 Å². The molecule has 1 atom stereocenters. The van der Waals surface area contributed by atoms with Crippen molar-refractivity contribution >= 4 is 29.2 Å². The van der Waals surface area contributed by atoms with Crippen LogP contribution in [0.1, 0.15) is 6.42 Å². The lowest BCUT2D eigenvalue weighted by molar-refractivity contribution is -0.151. The molecular formula is C22H24N2O7. The largest absolute Gasteiger partial charge is 0.497 e. The van der Waals surface area contributed by atoms with E-state index in [4.69, 9.17) is 18.9 Å². The van der Waals surface area contributed by atoms with Crippen LogP contribution in [0.5, 0.6) is 17.2 Å². The molecule has 1 fully saturated rings. The number of methoxy groups -OCH3 is 3. The number of rotatable bonds is 8. The monoisotopic (exact) mass is 428 g/mol. The molecule has 0 bridgehead atoms. The van der Waals surface area contributed by atoms with Gasteiger partial charge in [0.2, 0.25) is 5.91 Å². The van der Waals surface area contributed by atoms with Crippen LogP contribution in [0.4, 0.5) is 11.4 Å². The molecule has 164 valence electrons. The number of para-hydroxylation sites is 2. The van der Waals surface area contributed by atoms with E-state index in [2.05, 4.69) is 5.32 Å². The normalized spacial score (nSPS) is 15.4. The Morgan fingerprint density at radius 3 is 2.48 bits per heavy atom. The molecule has 1 aliphatic heterocycles. The fourth-order valence-corrected chi connectivity index (χ4v) is 3.29. The van der Waals surface area contributed by atoms with Crippen molar-refractivity contribution < 1.29 is 33.3 Å². The molecule has 1 aliphatic rings. The summed E-state index contributed by atoms with van der Waals surface area (Å²) < 4.78 is 20.8. The number of nitrogens with zero attached hydrogens (tertiary/aromatic N) is 1. The Kier molecular flexibility index (Phi) is 6.96. The van der Waals surface area contributed by atoms with Crippen LogP contribution < -0.4 is 24.4 Å². The number of hydrogen-bond donors (Lipinski definition) is 1. The summed E-state index contributed by atoms with van der Waals surface area (Å²) in [7, 11) is 4.52. The molecular weight excluding hydrogens is 404 g/mol. The summed E-state index contributed by atoms with van der Waals surface area (Å²) in [5, 5.41) is 2.63. The minimum absolute atomic E-state index is 0.0118. The van der Waals surface area contributed by atoms with Crippen molar-refractivity contribution in [1.82, 2.24) is 0 Å². The lowest BCUT2D eigenvalue weighted by atomic mass is 10.1. The lowest BCUT2D eigenvalue weighted by Crippen LogP contribution is -2.28. The number of anilines is 2. The quantitative estimate of drug-likeness (QED) is 0.643. The molecule has 9 heteroatoms. The number of benzene rings is 2. The maximum atomic E-state index is 12.5. The number of amides is 2. The molecule has 0 radical (unpaired) electrons. The second kappa shape index (κ2) is 9.84. The Labute approximate surface area is 179 Å². The van der Waals surface area contributed by atoms with Crippen molar-refractivity contribution in [2.45, 2.75) is 6.42 Å². The molecule has 2 aromatic carbocycles. The van der Waals surface area contributed by atoms with Gasteiger partial charge < -0.3 is 29.2 Å². The van der Waals surface area contributed by atoms with Crippen LogP contribution in [-0.4, -0.2) is 52.3 Å². The van der Waals surface area contributed by atoms with Crippen LogP contribution in [0.25, 0.3) is 0 Å². The highest BCUT2D eigenvalue weighted by atomic mass is 16.5. The van der Waals surface area contributed by atoms with E-state index >= 15 is 0 Å². The zero-order valence-corrected chi connectivity index (χ0v) is 17.5. The molecule has 1 N–H and O–H groups in total. The number of hydrogen-bond acceptors (Lipinski definition) is 7. The Morgan fingerprint density at radius 1 is 1.03 bits per heavy atom. The van der Waals surface area contributed by atoms with Gasteiger partial charge in [0, 0.05) is 19.0 Å². The third-order valence-electron chi connectivity index (χ3n) is 4.86. The highest BCUT2D eigenvalue weighted by Crippen LogP contribution is 2.36. The van der Waals surface area contributed by atoms with E-state index in [0.29, 0.717) is 28.6 Å². The van der Waals surface area contributed by atoms with E-state index < -0.39 is 24.4 Å². The Balaban J connectivity index is 1.59. The van der Waals surface area contributed by atoms with Gasteiger partial charge in [-0.2, -0.15) is 0 Å². The van der Waals surface area contributed by atoms with E-state index in [0.717, 1.165) is 0 Å². The van der Waals surface area contributed by atoms with Crippen LogP contribution in [0, 0.1) is 5.92 Å². The van der Waals surface area contributed by atoms with E-state index in [1.165, 1.54) is 26.2 Å². The molecule has 0 aromatic heterocycles. The summed E-state index contributed by atoms with van der Waals surface area (Å²) in [4.78, 5) is 38.6. The Hall–Kier alpha value is -3.75. The SMILES string of the molecule is COc1ccc(N2C[C@H](C(=O)OCC(=O)Nc3ccccc3OC)CC2=O)c(OC)c1. The molecule has 0 spiro atoms. The minimum Gasteiger partial charge on any atom is -0.497 e. The fourth-order valence-electron chi connectivity index (χ4n) is 3.29. The first-order valence-corrected chi connectivity index (χ1v) is 9.58. The molecule has 0 aliphatic carbocycles. The third-order valence-corrected chi connectivity index (χ3v) is 4.86. The summed E-state index contributed by atoms with van der Waals surface area (Å²) >= 11 is 0. The molecule has 0 unspecified atom stereocenters. The fraction of sp³-hybridized carbons (Fsp3) is 0.318. The zero-order valence-electron chi connectivity index (χ0n) is 17.5. The topological polar surface area (TPSA) is 103 Å². The van der Waals surface area contributed by atoms with Crippen LogP contribution >= 0.6 is 0 Å². The smallest absolute Gasteiger partial charge is 0.311 e. The molecule has 9 nitrogen and oxygen atoms in total. The van der Waals surface area contributed by atoms with Gasteiger partial charge in [-0.05, 0) is 24.3 Å². The van der Waals surface area contributed by atoms with Crippen LogP contribution in [0.2, 0.25) is 0 Å². The standard InChI is InChI=1S/C22H24N2O7/c1-28-15-8-9-17(19(11-15)30-3)24-12-14(10-21(24)26)22(27)31-13-20(25)23-16-6-4-5-7-18(16)29-2/h4-9,11,14H,10,12-13H2,1-3H3,(H,23,25)/t14-/m1/s1. The molecule has 3 rings (SSSR count). The summed E-state index contributed by atoms with van der Waals surface area (Å²) in [5.41, 5.74) is 1.01. The Morgan fingerprint density at radius 2 is 1.77 bits per heavy atom. The van der Waals surface area contributed by atoms with Gasteiger partial charge in [-0.25, -0.2) is 0 Å². The third kappa shape index (κ3) is 5.06. The maximum Gasteiger partial charge on any atom is 0.311 e. The highest BCUT2D eigenvalue weighted by Gasteiger charge is 2.37. The number of esters is 1. The summed E-state index contributed by atoms with van der Waals surface area (Å²) in [6.07, 6.45) is -0.0118. The van der Waals surface area contributed by atoms with Crippen molar-refractivity contribution in [3.63, 3.8) is 0 Å². The van der Waals surface area contributed by atoms with Gasteiger partial charge in [0.25, 0.3) is 5.91 Å². The molecule has 2 amide bonds. The first-order chi connectivity index (χ1) is 15.0. The maximum absolute atomic E-state index is 12.5. The van der Waals surface area contributed by atoms with Gasteiger partial charge in [0.15, 0.2) is 6.61 Å². The first-order valence-electron chi connectivity index (χ1n) is 9.58. The van der Waals surface area contributed by atoms with Crippen LogP contribution in [0.3, 0.4) is 0 Å². The summed E-state index contributed by atoms with van der Waals surface area (Å²) in [5.74, 6) is -0.494. The minimum atomic E-state index is -0.682. The van der Waals surface area contributed by atoms with Crippen molar-refractivity contribution in [2.75, 3.05) is 44.7 Å². The zero-order chi connectivity index (χ0) is 22.4. The van der Waals surface area contributed by atoms with E-state index in [1.807, 2.05) is 0 Å². The summed E-state index contributed by atoms with van der Waals surface area (Å²) in [6.45, 7) is -0.331. The van der Waals surface area contributed by atoms with Crippen LogP contribution in [-0.2, 0) is 19.1 Å². The summed E-state index contributed by atoms with van der Waals surface area (Å²) in [6, 6.07) is 12.0. The molecule has 2 aromatic rings. The van der Waals surface area contributed by atoms with Crippen molar-refractivity contribution in [3.8, 4) is 17.2 Å². The highest BCUT2D eigenvalue weighted by molar-refractivity contribution is 6.01. The van der Waals surface area contributed by atoms with Gasteiger partial charge >= 0.3 is 5.97 Å². The molecule has 0 saturated carbocycles. The average Bonchev–Trinajstić information content (AvgIpc) is 3.18. The molecule has 1 saturated heterocycles. The van der Waals surface area contributed by atoms with Gasteiger partial charge in [-0.1, -0.05) is 12.1 Å². The van der Waals surface area contributed by atoms with Crippen molar-refractivity contribution in [1.29, 1.82) is 0 Å². The molecule has 1 heterocycles. The average molecular weight is 428 g/mol. The van der Waals surface area contributed by atoms with Crippen LogP contribution in [0.15, 0.2) is 42.5 Å². The number of ether oxygens (including phenoxy) is 4. The van der Waals surface area contributed by atoms with E-state index in [-0.39, 0.29) is 18.9 Å². The second-order valence-electron chi connectivity index (χ2n) is 6.80. The van der Waals surface area contributed by atoms with E-state index in [9.17, 15) is 14.4 Å². The van der Waals surface area contributed by atoms with Crippen molar-refractivity contribution in [2.24, 2.45) is 5.92 Å². The van der Waals surface area contributed by atoms with Gasteiger partial charge in [-0.3, -0.25) is 14.4 Å². The molecule has 31 heavy (non-hydrogen) atoms. The van der Waals surface area contributed by atoms with Gasteiger partial charge in [0.05, 0.1) is 38.6 Å². The number of nitrogens with one attached hydrogen (secondary N) is 1. The predicted molar refractivity (Wildman–Crippen MR) is 113 cm³/mol. The van der Waals surface area contributed by atoms with Gasteiger partial charge in [0.1, 0.15) is 17.2 Å². The Bertz CT molecular complexity index is 976. The number of carbonyl (C=O) groups excluding carboxylic acids is 3.